The molecule has 0 unspecified atom stereocenters. The summed E-state index contributed by atoms with van der Waals surface area (Å²) in [5, 5.41) is 0. The van der Waals surface area contributed by atoms with E-state index in [9.17, 15) is 4.39 Å². The van der Waals surface area contributed by atoms with Crippen LogP contribution in [-0.4, -0.2) is 21.3 Å². The third-order valence-corrected chi connectivity index (χ3v) is 2.85. The molecule has 0 aromatic heterocycles. The lowest BCUT2D eigenvalue weighted by Gasteiger charge is -2.15. The van der Waals surface area contributed by atoms with Gasteiger partial charge in [0, 0.05) is 12.1 Å². The van der Waals surface area contributed by atoms with Crippen LogP contribution < -0.4 is 14.2 Å². The van der Waals surface area contributed by atoms with E-state index in [0.717, 1.165) is 11.1 Å². The lowest BCUT2D eigenvalue weighted by atomic mass is 10.0. The normalized spacial score (nSPS) is 10.1. The molecule has 0 amide bonds. The summed E-state index contributed by atoms with van der Waals surface area (Å²) < 4.78 is 28.9. The van der Waals surface area contributed by atoms with Gasteiger partial charge in [-0.15, -0.1) is 0 Å². The molecule has 2 rings (SSSR count). The number of ether oxygens (including phenoxy) is 3. The predicted molar refractivity (Wildman–Crippen MR) is 71.5 cm³/mol. The number of halogens is 1. The molecule has 0 saturated carbocycles. The number of rotatable bonds is 4. The minimum Gasteiger partial charge on any atom is -0.496 e. The molecule has 0 radical (unpaired) electrons. The third kappa shape index (κ3) is 2.62. The molecule has 0 heterocycles. The maximum absolute atomic E-state index is 13.0. The summed E-state index contributed by atoms with van der Waals surface area (Å²) in [4.78, 5) is 0. The van der Waals surface area contributed by atoms with Crippen LogP contribution in [-0.2, 0) is 0 Å². The highest BCUT2D eigenvalue weighted by Crippen LogP contribution is 2.41. The fourth-order valence-corrected chi connectivity index (χ4v) is 1.91. The first kappa shape index (κ1) is 13.2. The second-order valence-corrected chi connectivity index (χ2v) is 3.91. The molecule has 0 aliphatic carbocycles. The van der Waals surface area contributed by atoms with Crippen LogP contribution in [0.15, 0.2) is 36.4 Å². The standard InChI is InChI=1S/C15H15FO3/c1-17-12-8-13(18-2)15(14(9-12)19-3)10-4-6-11(16)7-5-10/h4-9H,1-3H3. The van der Waals surface area contributed by atoms with Gasteiger partial charge in [0.15, 0.2) is 0 Å². The van der Waals surface area contributed by atoms with Crippen molar-refractivity contribution in [3.05, 3.63) is 42.2 Å². The Kier molecular flexibility index (Phi) is 3.90. The minimum absolute atomic E-state index is 0.282. The van der Waals surface area contributed by atoms with Crippen molar-refractivity contribution < 1.29 is 18.6 Å². The van der Waals surface area contributed by atoms with E-state index in [0.29, 0.717) is 17.2 Å². The Balaban J connectivity index is 2.63. The van der Waals surface area contributed by atoms with Gasteiger partial charge in [0.1, 0.15) is 23.1 Å². The van der Waals surface area contributed by atoms with Crippen molar-refractivity contribution in [2.75, 3.05) is 21.3 Å². The molecule has 0 spiro atoms. The second-order valence-electron chi connectivity index (χ2n) is 3.91. The molecule has 4 heteroatoms. The van der Waals surface area contributed by atoms with E-state index in [1.165, 1.54) is 12.1 Å². The monoisotopic (exact) mass is 262 g/mol. The summed E-state index contributed by atoms with van der Waals surface area (Å²) in [5.41, 5.74) is 1.59. The van der Waals surface area contributed by atoms with Gasteiger partial charge in [0.2, 0.25) is 0 Å². The van der Waals surface area contributed by atoms with Gasteiger partial charge in [0.25, 0.3) is 0 Å². The highest BCUT2D eigenvalue weighted by Gasteiger charge is 2.15. The SMILES string of the molecule is COc1cc(OC)c(-c2ccc(F)cc2)c(OC)c1. The Labute approximate surface area is 111 Å². The molecule has 0 atom stereocenters. The van der Waals surface area contributed by atoms with Crippen molar-refractivity contribution in [3.8, 4) is 28.4 Å². The lowest BCUT2D eigenvalue weighted by molar-refractivity contribution is 0.377. The van der Waals surface area contributed by atoms with Crippen molar-refractivity contribution >= 4 is 0 Å². The Bertz CT molecular complexity index is 539. The maximum Gasteiger partial charge on any atom is 0.134 e. The molecule has 3 nitrogen and oxygen atoms in total. The number of hydrogen-bond donors (Lipinski definition) is 0. The van der Waals surface area contributed by atoms with E-state index in [2.05, 4.69) is 0 Å². The average molecular weight is 262 g/mol. The fourth-order valence-electron chi connectivity index (χ4n) is 1.91. The summed E-state index contributed by atoms with van der Waals surface area (Å²) in [5.74, 6) is 1.58. The molecule has 2 aromatic carbocycles. The van der Waals surface area contributed by atoms with Crippen molar-refractivity contribution in [1.82, 2.24) is 0 Å². The number of hydrogen-bond acceptors (Lipinski definition) is 3. The van der Waals surface area contributed by atoms with Crippen LogP contribution in [0, 0.1) is 5.82 Å². The summed E-state index contributed by atoms with van der Waals surface area (Å²) in [7, 11) is 4.72. The van der Waals surface area contributed by atoms with Crippen molar-refractivity contribution in [3.63, 3.8) is 0 Å². The molecule has 0 aliphatic rings. The lowest BCUT2D eigenvalue weighted by Crippen LogP contribution is -1.95. The summed E-state index contributed by atoms with van der Waals surface area (Å²) >= 11 is 0. The highest BCUT2D eigenvalue weighted by atomic mass is 19.1. The van der Waals surface area contributed by atoms with Crippen LogP contribution in [0.3, 0.4) is 0 Å². The highest BCUT2D eigenvalue weighted by molar-refractivity contribution is 5.78. The average Bonchev–Trinajstić information content (AvgIpc) is 2.46. The fraction of sp³-hybridized carbons (Fsp3) is 0.200. The first-order valence-electron chi connectivity index (χ1n) is 5.75. The van der Waals surface area contributed by atoms with Gasteiger partial charge in [0.05, 0.1) is 26.9 Å². The first-order valence-corrected chi connectivity index (χ1v) is 5.75. The smallest absolute Gasteiger partial charge is 0.134 e. The molecule has 0 saturated heterocycles. The van der Waals surface area contributed by atoms with Crippen molar-refractivity contribution in [2.24, 2.45) is 0 Å². The van der Waals surface area contributed by atoms with Gasteiger partial charge in [-0.1, -0.05) is 12.1 Å². The van der Waals surface area contributed by atoms with Crippen LogP contribution in [0.25, 0.3) is 11.1 Å². The maximum atomic E-state index is 13.0. The molecular formula is C15H15FO3. The van der Waals surface area contributed by atoms with Crippen molar-refractivity contribution in [2.45, 2.75) is 0 Å². The van der Waals surface area contributed by atoms with E-state index >= 15 is 0 Å². The van der Waals surface area contributed by atoms with Gasteiger partial charge < -0.3 is 14.2 Å². The van der Waals surface area contributed by atoms with E-state index < -0.39 is 0 Å². The minimum atomic E-state index is -0.282. The van der Waals surface area contributed by atoms with E-state index in [4.69, 9.17) is 14.2 Å². The van der Waals surface area contributed by atoms with Crippen LogP contribution in [0.2, 0.25) is 0 Å². The zero-order valence-electron chi connectivity index (χ0n) is 11.1. The van der Waals surface area contributed by atoms with Gasteiger partial charge in [-0.05, 0) is 17.7 Å². The summed E-state index contributed by atoms with van der Waals surface area (Å²) in [6.45, 7) is 0. The molecular weight excluding hydrogens is 247 g/mol. The molecule has 19 heavy (non-hydrogen) atoms. The predicted octanol–water partition coefficient (Wildman–Crippen LogP) is 3.52. The zero-order valence-corrected chi connectivity index (χ0v) is 11.1. The number of benzene rings is 2. The Hall–Kier alpha value is -2.23. The Morgan fingerprint density at radius 2 is 1.32 bits per heavy atom. The van der Waals surface area contributed by atoms with Gasteiger partial charge in [-0.25, -0.2) is 4.39 Å². The molecule has 100 valence electrons. The molecule has 0 bridgehead atoms. The van der Waals surface area contributed by atoms with E-state index in [1.54, 1.807) is 45.6 Å². The third-order valence-electron chi connectivity index (χ3n) is 2.85. The van der Waals surface area contributed by atoms with Gasteiger partial charge >= 0.3 is 0 Å². The first-order chi connectivity index (χ1) is 9.19. The second kappa shape index (κ2) is 5.61. The largest absolute Gasteiger partial charge is 0.496 e. The zero-order chi connectivity index (χ0) is 13.8. The Morgan fingerprint density at radius 1 is 0.789 bits per heavy atom. The van der Waals surface area contributed by atoms with Crippen molar-refractivity contribution in [1.29, 1.82) is 0 Å². The molecule has 0 fully saturated rings. The molecule has 0 aliphatic heterocycles. The van der Waals surface area contributed by atoms with Crippen LogP contribution in [0.5, 0.6) is 17.2 Å². The van der Waals surface area contributed by atoms with Crippen LogP contribution in [0.4, 0.5) is 4.39 Å². The van der Waals surface area contributed by atoms with Crippen LogP contribution in [0.1, 0.15) is 0 Å². The topological polar surface area (TPSA) is 27.7 Å². The van der Waals surface area contributed by atoms with Crippen LogP contribution >= 0.6 is 0 Å². The Morgan fingerprint density at radius 3 is 1.74 bits per heavy atom. The molecule has 0 N–H and O–H groups in total. The summed E-state index contributed by atoms with van der Waals surface area (Å²) in [6, 6.07) is 9.70. The summed E-state index contributed by atoms with van der Waals surface area (Å²) in [6.07, 6.45) is 0. The number of methoxy groups -OCH3 is 3. The van der Waals surface area contributed by atoms with E-state index in [1.807, 2.05) is 0 Å². The van der Waals surface area contributed by atoms with Gasteiger partial charge in [-0.3, -0.25) is 0 Å². The molecule has 2 aromatic rings. The van der Waals surface area contributed by atoms with Gasteiger partial charge in [-0.2, -0.15) is 0 Å². The van der Waals surface area contributed by atoms with E-state index in [-0.39, 0.29) is 5.82 Å². The quantitative estimate of drug-likeness (QED) is 0.843.